The van der Waals surface area contributed by atoms with Gasteiger partial charge in [0.2, 0.25) is 0 Å². The Labute approximate surface area is 111 Å². The molecule has 1 saturated carbocycles. The molecule has 0 saturated heterocycles. The van der Waals surface area contributed by atoms with Crippen LogP contribution in [0.3, 0.4) is 0 Å². The Morgan fingerprint density at radius 1 is 1.39 bits per heavy atom. The number of Topliss-reactive ketones (excluding diaryl/α,β-unsaturated/α-hetero) is 1. The number of rotatable bonds is 4. The fourth-order valence-electron chi connectivity index (χ4n) is 1.83. The summed E-state index contributed by atoms with van der Waals surface area (Å²) in [6.07, 6.45) is 2.09. The normalized spacial score (nSPS) is 14.9. The SMILES string of the molecule is Cc1c(C(=O)NC2CC2)sc(N)c1C(=O)C(C)C. The van der Waals surface area contributed by atoms with Crippen LogP contribution in [0.4, 0.5) is 5.00 Å². The molecule has 0 aliphatic heterocycles. The van der Waals surface area contributed by atoms with Crippen molar-refractivity contribution >= 4 is 28.0 Å². The molecule has 0 bridgehead atoms. The van der Waals surface area contributed by atoms with Crippen molar-refractivity contribution in [3.05, 3.63) is 16.0 Å². The monoisotopic (exact) mass is 266 g/mol. The number of hydrogen-bond donors (Lipinski definition) is 2. The van der Waals surface area contributed by atoms with Crippen LogP contribution in [0.15, 0.2) is 0 Å². The van der Waals surface area contributed by atoms with Gasteiger partial charge in [-0.3, -0.25) is 9.59 Å². The first-order valence-electron chi connectivity index (χ1n) is 6.15. The molecule has 0 aromatic carbocycles. The van der Waals surface area contributed by atoms with Gasteiger partial charge in [-0.15, -0.1) is 11.3 Å². The van der Waals surface area contributed by atoms with Crippen LogP contribution in [0.5, 0.6) is 0 Å². The van der Waals surface area contributed by atoms with Gasteiger partial charge in [-0.2, -0.15) is 0 Å². The molecule has 1 fully saturated rings. The summed E-state index contributed by atoms with van der Waals surface area (Å²) >= 11 is 1.21. The van der Waals surface area contributed by atoms with Gasteiger partial charge in [-0.1, -0.05) is 13.8 Å². The highest BCUT2D eigenvalue weighted by Crippen LogP contribution is 2.33. The van der Waals surface area contributed by atoms with E-state index in [9.17, 15) is 9.59 Å². The maximum absolute atomic E-state index is 12.1. The zero-order valence-corrected chi connectivity index (χ0v) is 11.7. The van der Waals surface area contributed by atoms with Crippen molar-refractivity contribution in [3.8, 4) is 0 Å². The quantitative estimate of drug-likeness (QED) is 0.822. The van der Waals surface area contributed by atoms with Gasteiger partial charge in [-0.25, -0.2) is 0 Å². The molecule has 2 rings (SSSR count). The summed E-state index contributed by atoms with van der Waals surface area (Å²) in [5.41, 5.74) is 7.12. The lowest BCUT2D eigenvalue weighted by Crippen LogP contribution is -2.25. The van der Waals surface area contributed by atoms with E-state index in [1.54, 1.807) is 6.92 Å². The van der Waals surface area contributed by atoms with E-state index in [-0.39, 0.29) is 17.6 Å². The first-order valence-corrected chi connectivity index (χ1v) is 6.97. The zero-order chi connectivity index (χ0) is 13.4. The van der Waals surface area contributed by atoms with Gasteiger partial charge in [0.05, 0.1) is 15.4 Å². The number of carbonyl (C=O) groups excluding carboxylic acids is 2. The number of hydrogen-bond acceptors (Lipinski definition) is 4. The smallest absolute Gasteiger partial charge is 0.261 e. The standard InChI is InChI=1S/C13H18N2O2S/c1-6(2)10(16)9-7(3)11(18-12(9)14)13(17)15-8-4-5-8/h6,8H,4-5,14H2,1-3H3,(H,15,17). The Bertz CT molecular complexity index is 501. The van der Waals surface area contributed by atoms with Crippen LogP contribution in [0.2, 0.25) is 0 Å². The molecular weight excluding hydrogens is 248 g/mol. The van der Waals surface area contributed by atoms with Crippen molar-refractivity contribution in [3.63, 3.8) is 0 Å². The Morgan fingerprint density at radius 2 is 2.00 bits per heavy atom. The Balaban J connectivity index is 2.30. The highest BCUT2D eigenvalue weighted by molar-refractivity contribution is 7.18. The molecule has 0 radical (unpaired) electrons. The molecule has 1 aliphatic rings. The minimum Gasteiger partial charge on any atom is -0.390 e. The molecule has 4 nitrogen and oxygen atoms in total. The average molecular weight is 266 g/mol. The number of anilines is 1. The second-order valence-corrected chi connectivity index (χ2v) is 6.11. The lowest BCUT2D eigenvalue weighted by Gasteiger charge is -2.05. The molecule has 0 spiro atoms. The highest BCUT2D eigenvalue weighted by atomic mass is 32.1. The summed E-state index contributed by atoms with van der Waals surface area (Å²) in [5, 5.41) is 3.38. The second-order valence-electron chi connectivity index (χ2n) is 5.06. The van der Waals surface area contributed by atoms with Crippen molar-refractivity contribution in [1.82, 2.24) is 5.32 Å². The van der Waals surface area contributed by atoms with E-state index >= 15 is 0 Å². The molecule has 1 heterocycles. The third kappa shape index (κ3) is 2.41. The summed E-state index contributed by atoms with van der Waals surface area (Å²) in [7, 11) is 0. The van der Waals surface area contributed by atoms with E-state index in [2.05, 4.69) is 5.32 Å². The van der Waals surface area contributed by atoms with Crippen molar-refractivity contribution < 1.29 is 9.59 Å². The molecule has 5 heteroatoms. The van der Waals surface area contributed by atoms with Crippen LogP contribution in [0.1, 0.15) is 52.3 Å². The van der Waals surface area contributed by atoms with Gasteiger partial charge < -0.3 is 11.1 Å². The number of thiophene rings is 1. The fourth-order valence-corrected chi connectivity index (χ4v) is 2.81. The number of amides is 1. The van der Waals surface area contributed by atoms with Crippen molar-refractivity contribution in [1.29, 1.82) is 0 Å². The number of nitrogens with one attached hydrogen (secondary N) is 1. The van der Waals surface area contributed by atoms with Crippen molar-refractivity contribution in [2.24, 2.45) is 5.92 Å². The van der Waals surface area contributed by atoms with Gasteiger partial charge in [0.25, 0.3) is 5.91 Å². The highest BCUT2D eigenvalue weighted by Gasteiger charge is 2.28. The Morgan fingerprint density at radius 3 is 2.50 bits per heavy atom. The van der Waals surface area contributed by atoms with Gasteiger partial charge in [0, 0.05) is 12.0 Å². The largest absolute Gasteiger partial charge is 0.390 e. The molecule has 98 valence electrons. The topological polar surface area (TPSA) is 72.2 Å². The molecule has 3 N–H and O–H groups in total. The van der Waals surface area contributed by atoms with Gasteiger partial charge >= 0.3 is 0 Å². The third-order valence-corrected chi connectivity index (χ3v) is 4.18. The first-order chi connectivity index (χ1) is 8.41. The number of carbonyl (C=O) groups is 2. The second kappa shape index (κ2) is 4.72. The van der Waals surface area contributed by atoms with E-state index in [1.807, 2.05) is 13.8 Å². The first kappa shape index (κ1) is 13.1. The van der Waals surface area contributed by atoms with E-state index in [0.29, 0.717) is 27.0 Å². The summed E-state index contributed by atoms with van der Waals surface area (Å²) in [6.45, 7) is 5.47. The molecule has 1 aliphatic carbocycles. The Hall–Kier alpha value is -1.36. The predicted octanol–water partition coefficient (Wildman–Crippen LogP) is 2.37. The van der Waals surface area contributed by atoms with Gasteiger partial charge in [0.1, 0.15) is 0 Å². The average Bonchev–Trinajstić information content (AvgIpc) is 3.04. The van der Waals surface area contributed by atoms with Crippen LogP contribution in [-0.4, -0.2) is 17.7 Å². The fraction of sp³-hybridized carbons (Fsp3) is 0.538. The minimum atomic E-state index is -0.111. The number of nitrogens with two attached hydrogens (primary N) is 1. The van der Waals surface area contributed by atoms with Crippen LogP contribution in [0, 0.1) is 12.8 Å². The van der Waals surface area contributed by atoms with Crippen molar-refractivity contribution in [2.45, 2.75) is 39.7 Å². The molecule has 0 atom stereocenters. The van der Waals surface area contributed by atoms with E-state index in [1.165, 1.54) is 11.3 Å². The van der Waals surface area contributed by atoms with Crippen LogP contribution in [-0.2, 0) is 0 Å². The molecule has 0 unspecified atom stereocenters. The molecular formula is C13H18N2O2S. The van der Waals surface area contributed by atoms with E-state index in [0.717, 1.165) is 12.8 Å². The third-order valence-electron chi connectivity index (χ3n) is 3.06. The summed E-state index contributed by atoms with van der Waals surface area (Å²) in [6, 6.07) is 0.310. The summed E-state index contributed by atoms with van der Waals surface area (Å²) in [4.78, 5) is 24.6. The molecule has 1 aromatic rings. The lowest BCUT2D eigenvalue weighted by atomic mass is 9.99. The van der Waals surface area contributed by atoms with E-state index in [4.69, 9.17) is 5.73 Å². The maximum Gasteiger partial charge on any atom is 0.261 e. The maximum atomic E-state index is 12.1. The summed E-state index contributed by atoms with van der Waals surface area (Å²) < 4.78 is 0. The molecule has 1 aromatic heterocycles. The summed E-state index contributed by atoms with van der Waals surface area (Å²) in [5.74, 6) is -0.207. The predicted molar refractivity (Wildman–Crippen MR) is 73.1 cm³/mol. The number of nitrogen functional groups attached to an aromatic ring is 1. The van der Waals surface area contributed by atoms with Crippen LogP contribution in [0.25, 0.3) is 0 Å². The van der Waals surface area contributed by atoms with E-state index < -0.39 is 0 Å². The minimum absolute atomic E-state index is 0.00622. The van der Waals surface area contributed by atoms with Gasteiger partial charge in [0.15, 0.2) is 5.78 Å². The van der Waals surface area contributed by atoms with Gasteiger partial charge in [-0.05, 0) is 25.3 Å². The number of ketones is 1. The van der Waals surface area contributed by atoms with Crippen molar-refractivity contribution in [2.75, 3.05) is 5.73 Å². The van der Waals surface area contributed by atoms with Crippen LogP contribution < -0.4 is 11.1 Å². The molecule has 1 amide bonds. The Kier molecular flexibility index (Phi) is 3.43. The zero-order valence-electron chi connectivity index (χ0n) is 10.9. The lowest BCUT2D eigenvalue weighted by molar-refractivity contribution is 0.0940. The molecule has 18 heavy (non-hydrogen) atoms. The van der Waals surface area contributed by atoms with Crippen LogP contribution >= 0.6 is 11.3 Å².